The Kier molecular flexibility index (Phi) is 4.74. The van der Waals surface area contributed by atoms with Gasteiger partial charge in [-0.25, -0.2) is 0 Å². The van der Waals surface area contributed by atoms with E-state index in [0.717, 1.165) is 27.9 Å². The summed E-state index contributed by atoms with van der Waals surface area (Å²) in [6, 6.07) is 8.22. The second kappa shape index (κ2) is 6.52. The number of aromatic nitrogens is 2. The van der Waals surface area contributed by atoms with E-state index >= 15 is 0 Å². The lowest BCUT2D eigenvalue weighted by molar-refractivity contribution is 0.335. The van der Waals surface area contributed by atoms with Crippen molar-refractivity contribution in [3.8, 4) is 5.75 Å². The molecule has 0 fully saturated rings. The maximum atomic E-state index is 5.65. The molecule has 5 heteroatoms. The van der Waals surface area contributed by atoms with Crippen molar-refractivity contribution in [2.45, 2.75) is 33.2 Å². The molecule has 0 aliphatic carbocycles. The molecule has 0 aliphatic heterocycles. The van der Waals surface area contributed by atoms with Gasteiger partial charge in [-0.15, -0.1) is 10.2 Å². The van der Waals surface area contributed by atoms with Crippen LogP contribution in [-0.4, -0.2) is 16.8 Å². The molecule has 2 aromatic rings. The van der Waals surface area contributed by atoms with E-state index in [1.807, 2.05) is 25.1 Å². The van der Waals surface area contributed by atoms with Crippen molar-refractivity contribution in [2.24, 2.45) is 0 Å². The fourth-order valence-corrected chi connectivity index (χ4v) is 2.61. The molecule has 1 N–H and O–H groups in total. The summed E-state index contributed by atoms with van der Waals surface area (Å²) in [7, 11) is 0. The first-order valence-corrected chi connectivity index (χ1v) is 7.36. The maximum absolute atomic E-state index is 5.65. The molecule has 1 atom stereocenters. The van der Waals surface area contributed by atoms with E-state index in [1.165, 1.54) is 0 Å². The number of para-hydroxylation sites is 1. The average molecular weight is 277 g/mol. The van der Waals surface area contributed by atoms with Crippen LogP contribution in [0.2, 0.25) is 0 Å². The summed E-state index contributed by atoms with van der Waals surface area (Å²) in [6.07, 6.45) is 0.920. The average Bonchev–Trinajstić information content (AvgIpc) is 2.87. The quantitative estimate of drug-likeness (QED) is 0.875. The van der Waals surface area contributed by atoms with Crippen molar-refractivity contribution in [2.75, 3.05) is 11.9 Å². The van der Waals surface area contributed by atoms with Crippen LogP contribution in [0.1, 0.15) is 37.4 Å². The second-order valence-corrected chi connectivity index (χ2v) is 5.25. The van der Waals surface area contributed by atoms with Crippen LogP contribution >= 0.6 is 11.3 Å². The molecule has 0 saturated heterocycles. The summed E-state index contributed by atoms with van der Waals surface area (Å²) in [5.74, 6) is 0.922. The minimum Gasteiger partial charge on any atom is -0.494 e. The van der Waals surface area contributed by atoms with Crippen molar-refractivity contribution in [3.63, 3.8) is 0 Å². The van der Waals surface area contributed by atoms with Crippen molar-refractivity contribution in [3.05, 3.63) is 34.8 Å². The highest BCUT2D eigenvalue weighted by Gasteiger charge is 2.13. The molecule has 1 aromatic heterocycles. The van der Waals surface area contributed by atoms with Gasteiger partial charge in [-0.3, -0.25) is 0 Å². The monoisotopic (exact) mass is 277 g/mol. The lowest BCUT2D eigenvalue weighted by Gasteiger charge is -2.17. The fourth-order valence-electron chi connectivity index (χ4n) is 1.84. The molecular formula is C14H19N3OS. The number of nitrogens with one attached hydrogen (secondary N) is 1. The second-order valence-electron chi connectivity index (χ2n) is 4.19. The van der Waals surface area contributed by atoms with E-state index in [9.17, 15) is 0 Å². The van der Waals surface area contributed by atoms with Crippen LogP contribution < -0.4 is 10.1 Å². The molecule has 0 aliphatic rings. The van der Waals surface area contributed by atoms with Gasteiger partial charge in [0.15, 0.2) is 0 Å². The number of ether oxygens (including phenoxy) is 1. The topological polar surface area (TPSA) is 47.0 Å². The molecule has 2 rings (SSSR count). The minimum atomic E-state index is 0.139. The highest BCUT2D eigenvalue weighted by molar-refractivity contribution is 7.15. The van der Waals surface area contributed by atoms with E-state index in [4.69, 9.17) is 4.74 Å². The molecule has 0 saturated carbocycles. The Morgan fingerprint density at radius 1 is 1.26 bits per heavy atom. The number of aryl methyl sites for hydroxylation is 1. The van der Waals surface area contributed by atoms with Crippen LogP contribution in [0.4, 0.5) is 5.13 Å². The third-order valence-corrected chi connectivity index (χ3v) is 3.79. The van der Waals surface area contributed by atoms with Crippen LogP contribution in [0.15, 0.2) is 24.3 Å². The Labute approximate surface area is 117 Å². The SMILES string of the molecule is CCOc1ccccc1C(C)Nc1nnc(CC)s1. The van der Waals surface area contributed by atoms with E-state index in [1.54, 1.807) is 11.3 Å². The minimum absolute atomic E-state index is 0.139. The molecule has 1 unspecified atom stereocenters. The molecule has 4 nitrogen and oxygen atoms in total. The van der Waals surface area contributed by atoms with E-state index in [0.29, 0.717) is 6.61 Å². The highest BCUT2D eigenvalue weighted by Crippen LogP contribution is 2.28. The van der Waals surface area contributed by atoms with Gasteiger partial charge in [0.05, 0.1) is 12.6 Å². The van der Waals surface area contributed by atoms with Gasteiger partial charge in [-0.1, -0.05) is 36.5 Å². The van der Waals surface area contributed by atoms with Gasteiger partial charge in [0.25, 0.3) is 0 Å². The van der Waals surface area contributed by atoms with Crippen LogP contribution in [0, 0.1) is 0 Å². The summed E-state index contributed by atoms with van der Waals surface area (Å²) in [5.41, 5.74) is 1.14. The van der Waals surface area contributed by atoms with E-state index in [-0.39, 0.29) is 6.04 Å². The zero-order chi connectivity index (χ0) is 13.7. The molecule has 0 bridgehead atoms. The Balaban J connectivity index is 2.12. The largest absolute Gasteiger partial charge is 0.494 e. The standard InChI is InChI=1S/C14H19N3OS/c1-4-13-16-17-14(19-13)15-10(3)11-8-6-7-9-12(11)18-5-2/h6-10H,4-5H2,1-3H3,(H,15,17). The number of rotatable bonds is 6. The van der Waals surface area contributed by atoms with Crippen molar-refractivity contribution >= 4 is 16.5 Å². The van der Waals surface area contributed by atoms with Gasteiger partial charge in [-0.2, -0.15) is 0 Å². The predicted molar refractivity (Wildman–Crippen MR) is 78.9 cm³/mol. The normalized spacial score (nSPS) is 12.2. The molecular weight excluding hydrogens is 258 g/mol. The lowest BCUT2D eigenvalue weighted by atomic mass is 10.1. The van der Waals surface area contributed by atoms with Crippen LogP contribution in [0.3, 0.4) is 0 Å². The third-order valence-electron chi connectivity index (χ3n) is 2.79. The molecule has 0 amide bonds. The molecule has 0 radical (unpaired) electrons. The predicted octanol–water partition coefficient (Wildman–Crippen LogP) is 3.67. The Morgan fingerprint density at radius 2 is 2.05 bits per heavy atom. The first kappa shape index (κ1) is 13.8. The van der Waals surface area contributed by atoms with Crippen LogP contribution in [-0.2, 0) is 6.42 Å². The van der Waals surface area contributed by atoms with Gasteiger partial charge in [0.1, 0.15) is 10.8 Å². The van der Waals surface area contributed by atoms with E-state index < -0.39 is 0 Å². The molecule has 19 heavy (non-hydrogen) atoms. The molecule has 102 valence electrons. The summed E-state index contributed by atoms with van der Waals surface area (Å²) in [6.45, 7) is 6.85. The van der Waals surface area contributed by atoms with Gasteiger partial charge in [0.2, 0.25) is 5.13 Å². The van der Waals surface area contributed by atoms with Crippen molar-refractivity contribution < 1.29 is 4.74 Å². The smallest absolute Gasteiger partial charge is 0.206 e. The summed E-state index contributed by atoms with van der Waals surface area (Å²) in [4.78, 5) is 0. The summed E-state index contributed by atoms with van der Waals surface area (Å²) < 4.78 is 5.65. The zero-order valence-corrected chi connectivity index (χ0v) is 12.3. The van der Waals surface area contributed by atoms with Gasteiger partial charge >= 0.3 is 0 Å². The van der Waals surface area contributed by atoms with Gasteiger partial charge < -0.3 is 10.1 Å². The summed E-state index contributed by atoms with van der Waals surface area (Å²) in [5, 5.41) is 13.5. The van der Waals surface area contributed by atoms with Gasteiger partial charge in [-0.05, 0) is 26.3 Å². The number of hydrogen-bond donors (Lipinski definition) is 1. The lowest BCUT2D eigenvalue weighted by Crippen LogP contribution is -2.08. The Hall–Kier alpha value is -1.62. The van der Waals surface area contributed by atoms with Gasteiger partial charge in [0, 0.05) is 5.56 Å². The highest BCUT2D eigenvalue weighted by atomic mass is 32.1. The number of hydrogen-bond acceptors (Lipinski definition) is 5. The molecule has 1 heterocycles. The summed E-state index contributed by atoms with van der Waals surface area (Å²) >= 11 is 1.60. The van der Waals surface area contributed by atoms with Crippen molar-refractivity contribution in [1.82, 2.24) is 10.2 Å². The first-order chi connectivity index (χ1) is 9.24. The Bertz CT molecular complexity index is 527. The van der Waals surface area contributed by atoms with Crippen LogP contribution in [0.5, 0.6) is 5.75 Å². The van der Waals surface area contributed by atoms with Crippen molar-refractivity contribution in [1.29, 1.82) is 0 Å². The maximum Gasteiger partial charge on any atom is 0.206 e. The number of anilines is 1. The number of benzene rings is 1. The third kappa shape index (κ3) is 3.44. The zero-order valence-electron chi connectivity index (χ0n) is 11.5. The Morgan fingerprint density at radius 3 is 2.74 bits per heavy atom. The fraction of sp³-hybridized carbons (Fsp3) is 0.429. The molecule has 1 aromatic carbocycles. The number of nitrogens with zero attached hydrogens (tertiary/aromatic N) is 2. The molecule has 0 spiro atoms. The first-order valence-electron chi connectivity index (χ1n) is 6.55. The van der Waals surface area contributed by atoms with E-state index in [2.05, 4.69) is 35.4 Å². The van der Waals surface area contributed by atoms with Crippen LogP contribution in [0.25, 0.3) is 0 Å².